The minimum absolute atomic E-state index is 0.444. The van der Waals surface area contributed by atoms with E-state index >= 15 is 0 Å². The Morgan fingerprint density at radius 1 is 1.47 bits per heavy atom. The number of Topliss-reactive ketones (excluding diaryl/α,β-unsaturated/α-hetero) is 1. The van der Waals surface area contributed by atoms with E-state index in [1.807, 2.05) is 0 Å². The fraction of sp³-hybridized carbons (Fsp3) is 0.200. The van der Waals surface area contributed by atoms with Crippen molar-refractivity contribution >= 4 is 17.4 Å². The van der Waals surface area contributed by atoms with Crippen LogP contribution in [0.25, 0.3) is 0 Å². The molecule has 0 radical (unpaired) electrons. The van der Waals surface area contributed by atoms with E-state index in [2.05, 4.69) is 4.74 Å². The van der Waals surface area contributed by atoms with E-state index in [0.29, 0.717) is 0 Å². The molecule has 90 valence electrons. The van der Waals surface area contributed by atoms with Gasteiger partial charge in [0.15, 0.2) is 5.78 Å². The van der Waals surface area contributed by atoms with Gasteiger partial charge in [-0.1, -0.05) is 0 Å². The molecule has 17 heavy (non-hydrogen) atoms. The fourth-order valence-corrected chi connectivity index (χ4v) is 1.19. The summed E-state index contributed by atoms with van der Waals surface area (Å²) in [5, 5.41) is 10.6. The topological polar surface area (TPSA) is 86.5 Å². The summed E-state index contributed by atoms with van der Waals surface area (Å²) in [4.78, 5) is 32.2. The Kier molecular flexibility index (Phi) is 3.86. The predicted molar refractivity (Wildman–Crippen MR) is 54.0 cm³/mol. The van der Waals surface area contributed by atoms with Crippen molar-refractivity contribution in [3.8, 4) is 0 Å². The molecule has 0 unspecified atom stereocenters. The Labute approximate surface area is 95.1 Å². The molecule has 1 aromatic rings. The van der Waals surface area contributed by atoms with Crippen LogP contribution >= 0.6 is 0 Å². The summed E-state index contributed by atoms with van der Waals surface area (Å²) in [5.74, 6) is -2.49. The van der Waals surface area contributed by atoms with E-state index in [1.54, 1.807) is 0 Å². The molecule has 0 aliphatic heterocycles. The second-order valence-corrected chi connectivity index (χ2v) is 3.09. The number of nitro benzene ring substituents is 1. The van der Waals surface area contributed by atoms with E-state index in [1.165, 1.54) is 0 Å². The van der Waals surface area contributed by atoms with Gasteiger partial charge in [-0.2, -0.15) is 0 Å². The predicted octanol–water partition coefficient (Wildman–Crippen LogP) is 1.48. The van der Waals surface area contributed by atoms with Crippen molar-refractivity contribution in [2.75, 3.05) is 7.11 Å². The van der Waals surface area contributed by atoms with Gasteiger partial charge in [0.05, 0.1) is 17.6 Å². The molecule has 0 aliphatic carbocycles. The Morgan fingerprint density at radius 3 is 2.65 bits per heavy atom. The van der Waals surface area contributed by atoms with Crippen LogP contribution in [0.3, 0.4) is 0 Å². The van der Waals surface area contributed by atoms with E-state index in [-0.39, 0.29) is 0 Å². The third-order valence-corrected chi connectivity index (χ3v) is 1.99. The highest BCUT2D eigenvalue weighted by molar-refractivity contribution is 6.08. The molecule has 0 fully saturated rings. The molecule has 1 aromatic carbocycles. The van der Waals surface area contributed by atoms with Gasteiger partial charge in [-0.25, -0.2) is 4.39 Å². The average molecular weight is 241 g/mol. The number of hydrogen-bond donors (Lipinski definition) is 0. The molecule has 0 spiro atoms. The molecule has 0 saturated carbocycles. The highest BCUT2D eigenvalue weighted by atomic mass is 19.1. The molecular weight excluding hydrogens is 233 g/mol. The van der Waals surface area contributed by atoms with E-state index in [0.717, 1.165) is 25.3 Å². The van der Waals surface area contributed by atoms with Crippen molar-refractivity contribution in [1.82, 2.24) is 0 Å². The number of methoxy groups -OCH3 is 1. The molecule has 0 heterocycles. The summed E-state index contributed by atoms with van der Waals surface area (Å²) in [7, 11) is 1.08. The lowest BCUT2D eigenvalue weighted by atomic mass is 10.1. The quantitative estimate of drug-likeness (QED) is 0.262. The molecule has 0 aromatic heterocycles. The van der Waals surface area contributed by atoms with Crippen LogP contribution in [-0.4, -0.2) is 23.8 Å². The van der Waals surface area contributed by atoms with Gasteiger partial charge in [0.1, 0.15) is 12.2 Å². The molecule has 0 N–H and O–H groups in total. The molecule has 1 rings (SSSR count). The summed E-state index contributed by atoms with van der Waals surface area (Å²) in [6, 6.07) is 2.47. The normalized spacial score (nSPS) is 9.76. The minimum Gasteiger partial charge on any atom is -0.469 e. The first-order chi connectivity index (χ1) is 7.95. The smallest absolute Gasteiger partial charge is 0.313 e. The first-order valence-electron chi connectivity index (χ1n) is 4.49. The minimum atomic E-state index is -0.858. The maximum Gasteiger partial charge on any atom is 0.313 e. The second kappa shape index (κ2) is 5.15. The lowest BCUT2D eigenvalue weighted by Gasteiger charge is -2.01. The molecule has 0 saturated heterocycles. The lowest BCUT2D eigenvalue weighted by Crippen LogP contribution is -2.11. The highest BCUT2D eigenvalue weighted by Gasteiger charge is 2.22. The molecule has 0 bridgehead atoms. The summed E-state index contributed by atoms with van der Waals surface area (Å²) in [6.45, 7) is 0. The Bertz CT molecular complexity index is 486. The Morgan fingerprint density at radius 2 is 2.12 bits per heavy atom. The van der Waals surface area contributed by atoms with Gasteiger partial charge in [0.2, 0.25) is 0 Å². The third kappa shape index (κ3) is 3.07. The number of hydrogen-bond acceptors (Lipinski definition) is 5. The molecule has 0 aliphatic rings. The number of esters is 1. The Balaban J connectivity index is 3.11. The summed E-state index contributed by atoms with van der Waals surface area (Å²) in [5.41, 5.74) is -0.985. The first kappa shape index (κ1) is 12.8. The number of ether oxygens (including phenoxy) is 1. The van der Waals surface area contributed by atoms with Crippen LogP contribution in [0, 0.1) is 15.9 Å². The number of carbonyl (C=O) groups excluding carboxylic acids is 2. The summed E-state index contributed by atoms with van der Waals surface area (Å²) in [6.07, 6.45) is -0.666. The van der Waals surface area contributed by atoms with Gasteiger partial charge >= 0.3 is 5.97 Å². The molecule has 7 heteroatoms. The van der Waals surface area contributed by atoms with E-state index < -0.39 is 40.2 Å². The summed E-state index contributed by atoms with van der Waals surface area (Å²) >= 11 is 0. The zero-order valence-corrected chi connectivity index (χ0v) is 8.81. The fourth-order valence-electron chi connectivity index (χ4n) is 1.19. The van der Waals surface area contributed by atoms with Gasteiger partial charge in [0, 0.05) is 6.07 Å². The number of nitrogens with zero attached hydrogens (tertiary/aromatic N) is 1. The maximum absolute atomic E-state index is 12.9. The van der Waals surface area contributed by atoms with Crippen LogP contribution in [0.4, 0.5) is 10.1 Å². The van der Waals surface area contributed by atoms with Crippen molar-refractivity contribution in [2.24, 2.45) is 0 Å². The number of rotatable bonds is 4. The summed E-state index contributed by atoms with van der Waals surface area (Å²) < 4.78 is 17.1. The maximum atomic E-state index is 12.9. The van der Waals surface area contributed by atoms with Gasteiger partial charge in [-0.3, -0.25) is 19.7 Å². The van der Waals surface area contributed by atoms with Crippen LogP contribution < -0.4 is 0 Å². The van der Waals surface area contributed by atoms with Crippen molar-refractivity contribution in [3.63, 3.8) is 0 Å². The van der Waals surface area contributed by atoms with Gasteiger partial charge in [-0.15, -0.1) is 0 Å². The van der Waals surface area contributed by atoms with Crippen LogP contribution in [-0.2, 0) is 9.53 Å². The highest BCUT2D eigenvalue weighted by Crippen LogP contribution is 2.21. The largest absolute Gasteiger partial charge is 0.469 e. The van der Waals surface area contributed by atoms with Gasteiger partial charge in [-0.05, 0) is 12.1 Å². The second-order valence-electron chi connectivity index (χ2n) is 3.09. The average Bonchev–Trinajstić information content (AvgIpc) is 2.28. The Hall–Kier alpha value is -2.31. The molecular formula is C10H8FNO5. The number of halogens is 1. The SMILES string of the molecule is COC(=O)CC(=O)c1cc(F)ccc1[N+](=O)[O-]. The first-order valence-corrected chi connectivity index (χ1v) is 4.49. The third-order valence-electron chi connectivity index (χ3n) is 1.99. The van der Waals surface area contributed by atoms with Crippen molar-refractivity contribution in [3.05, 3.63) is 39.7 Å². The number of ketones is 1. The van der Waals surface area contributed by atoms with Gasteiger partial charge < -0.3 is 4.74 Å². The molecule has 0 atom stereocenters. The van der Waals surface area contributed by atoms with Crippen LogP contribution in [0.15, 0.2) is 18.2 Å². The molecule has 6 nitrogen and oxygen atoms in total. The van der Waals surface area contributed by atoms with E-state index in [4.69, 9.17) is 0 Å². The molecule has 0 amide bonds. The van der Waals surface area contributed by atoms with E-state index in [9.17, 15) is 24.1 Å². The number of nitro groups is 1. The lowest BCUT2D eigenvalue weighted by molar-refractivity contribution is -0.385. The van der Waals surface area contributed by atoms with Gasteiger partial charge in [0.25, 0.3) is 5.69 Å². The van der Waals surface area contributed by atoms with Crippen LogP contribution in [0.1, 0.15) is 16.8 Å². The standard InChI is InChI=1S/C10H8FNO5/c1-17-10(14)5-9(13)7-4-6(11)2-3-8(7)12(15)16/h2-4H,5H2,1H3. The van der Waals surface area contributed by atoms with Crippen molar-refractivity contribution in [1.29, 1.82) is 0 Å². The zero-order valence-electron chi connectivity index (χ0n) is 8.81. The monoisotopic (exact) mass is 241 g/mol. The van der Waals surface area contributed by atoms with Crippen molar-refractivity contribution in [2.45, 2.75) is 6.42 Å². The van der Waals surface area contributed by atoms with Crippen LogP contribution in [0.5, 0.6) is 0 Å². The zero-order chi connectivity index (χ0) is 13.0. The van der Waals surface area contributed by atoms with Crippen molar-refractivity contribution < 1.29 is 23.6 Å². The number of benzene rings is 1. The number of carbonyl (C=O) groups is 2. The van der Waals surface area contributed by atoms with Crippen LogP contribution in [0.2, 0.25) is 0 Å².